The molecule has 1 aliphatic heterocycles. The summed E-state index contributed by atoms with van der Waals surface area (Å²) in [4.78, 5) is 25.9. The van der Waals surface area contributed by atoms with Gasteiger partial charge in [-0.05, 0) is 48.7 Å². The zero-order chi connectivity index (χ0) is 18.7. The third-order valence-corrected chi connectivity index (χ3v) is 4.19. The molecule has 0 saturated carbocycles. The van der Waals surface area contributed by atoms with Crippen LogP contribution in [0.3, 0.4) is 0 Å². The first-order chi connectivity index (χ1) is 12.5. The number of halogens is 2. The van der Waals surface area contributed by atoms with E-state index in [-0.39, 0.29) is 11.7 Å². The van der Waals surface area contributed by atoms with Gasteiger partial charge in [0.15, 0.2) is 0 Å². The van der Waals surface area contributed by atoms with Crippen molar-refractivity contribution in [1.29, 1.82) is 0 Å². The lowest BCUT2D eigenvalue weighted by molar-refractivity contribution is -0.0495. The van der Waals surface area contributed by atoms with Crippen LogP contribution in [0.25, 0.3) is 0 Å². The second kappa shape index (κ2) is 7.51. The minimum atomic E-state index is -2.97. The number of fused-ring (bicyclic) bond motifs is 1. The zero-order valence-corrected chi connectivity index (χ0v) is 14.1. The normalized spacial score (nSPS) is 13.3. The Hall–Kier alpha value is -2.96. The number of ether oxygens (including phenoxy) is 2. The van der Waals surface area contributed by atoms with Gasteiger partial charge in [-0.2, -0.15) is 8.78 Å². The minimum absolute atomic E-state index is 0.0169. The SMILES string of the molecule is COC(=O)c1ccc(C(=O)N2CCCc3cccc(OC(F)F)c32)cc1. The van der Waals surface area contributed by atoms with E-state index in [1.165, 1.54) is 42.3 Å². The van der Waals surface area contributed by atoms with E-state index in [9.17, 15) is 18.4 Å². The first-order valence-corrected chi connectivity index (χ1v) is 8.08. The molecule has 0 N–H and O–H groups in total. The molecule has 3 rings (SSSR count). The fraction of sp³-hybridized carbons (Fsp3) is 0.263. The van der Waals surface area contributed by atoms with E-state index in [2.05, 4.69) is 9.47 Å². The van der Waals surface area contributed by atoms with Crippen molar-refractivity contribution in [3.63, 3.8) is 0 Å². The van der Waals surface area contributed by atoms with Crippen LogP contribution in [0.2, 0.25) is 0 Å². The molecule has 7 heteroatoms. The Morgan fingerprint density at radius 2 is 1.77 bits per heavy atom. The summed E-state index contributed by atoms with van der Waals surface area (Å²) in [6, 6.07) is 10.9. The molecule has 136 valence electrons. The molecule has 0 unspecified atom stereocenters. The van der Waals surface area contributed by atoms with Crippen molar-refractivity contribution in [2.45, 2.75) is 19.5 Å². The summed E-state index contributed by atoms with van der Waals surface area (Å²) < 4.78 is 34.7. The Morgan fingerprint density at radius 3 is 2.42 bits per heavy atom. The van der Waals surface area contributed by atoms with Crippen molar-refractivity contribution in [2.75, 3.05) is 18.6 Å². The van der Waals surface area contributed by atoms with E-state index in [1.54, 1.807) is 12.1 Å². The van der Waals surface area contributed by atoms with Gasteiger partial charge in [0, 0.05) is 12.1 Å². The molecule has 2 aromatic rings. The highest BCUT2D eigenvalue weighted by atomic mass is 19.3. The van der Waals surface area contributed by atoms with E-state index in [4.69, 9.17) is 0 Å². The number of methoxy groups -OCH3 is 1. The molecule has 0 radical (unpaired) electrons. The van der Waals surface area contributed by atoms with Gasteiger partial charge < -0.3 is 14.4 Å². The summed E-state index contributed by atoms with van der Waals surface area (Å²) in [5.41, 5.74) is 1.83. The van der Waals surface area contributed by atoms with Gasteiger partial charge >= 0.3 is 12.6 Å². The summed E-state index contributed by atoms with van der Waals surface area (Å²) in [7, 11) is 1.27. The number of anilines is 1. The predicted molar refractivity (Wildman–Crippen MR) is 90.9 cm³/mol. The van der Waals surface area contributed by atoms with Crippen LogP contribution in [0.1, 0.15) is 32.7 Å². The first kappa shape index (κ1) is 17.8. The van der Waals surface area contributed by atoms with Crippen molar-refractivity contribution in [2.24, 2.45) is 0 Å². The van der Waals surface area contributed by atoms with E-state index in [0.29, 0.717) is 29.8 Å². The van der Waals surface area contributed by atoms with Gasteiger partial charge in [-0.3, -0.25) is 4.79 Å². The second-order valence-electron chi connectivity index (χ2n) is 5.77. The maximum atomic E-state index is 12.9. The molecular weight excluding hydrogens is 344 g/mol. The molecule has 0 aromatic heterocycles. The molecule has 0 bridgehead atoms. The van der Waals surface area contributed by atoms with Crippen molar-refractivity contribution in [3.05, 3.63) is 59.2 Å². The molecule has 0 fully saturated rings. The first-order valence-electron chi connectivity index (χ1n) is 8.08. The van der Waals surface area contributed by atoms with Gasteiger partial charge in [-0.25, -0.2) is 4.79 Å². The molecular formula is C19H17F2NO4. The summed E-state index contributed by atoms with van der Waals surface area (Å²) in [5.74, 6) is -0.857. The number of rotatable bonds is 4. The van der Waals surface area contributed by atoms with Crippen LogP contribution in [0, 0.1) is 0 Å². The number of amides is 1. The number of hydrogen-bond acceptors (Lipinski definition) is 4. The van der Waals surface area contributed by atoms with Crippen molar-refractivity contribution < 1.29 is 27.8 Å². The van der Waals surface area contributed by atoms with E-state index in [1.807, 2.05) is 0 Å². The lowest BCUT2D eigenvalue weighted by atomic mass is 9.99. The highest BCUT2D eigenvalue weighted by Gasteiger charge is 2.28. The van der Waals surface area contributed by atoms with E-state index in [0.717, 1.165) is 12.0 Å². The van der Waals surface area contributed by atoms with Gasteiger partial charge in [0.25, 0.3) is 5.91 Å². The van der Waals surface area contributed by atoms with Crippen molar-refractivity contribution >= 4 is 17.6 Å². The predicted octanol–water partition coefficient (Wildman–Crippen LogP) is 3.67. The van der Waals surface area contributed by atoms with Crippen molar-refractivity contribution in [3.8, 4) is 5.75 Å². The highest BCUT2D eigenvalue weighted by Crippen LogP contribution is 2.37. The number of benzene rings is 2. The van der Waals surface area contributed by atoms with Crippen LogP contribution < -0.4 is 9.64 Å². The third-order valence-electron chi connectivity index (χ3n) is 4.19. The molecule has 1 heterocycles. The number of alkyl halides is 2. The van der Waals surface area contributed by atoms with Gasteiger partial charge in [0.2, 0.25) is 0 Å². The van der Waals surface area contributed by atoms with Crippen LogP contribution in [0.5, 0.6) is 5.75 Å². The summed E-state index contributed by atoms with van der Waals surface area (Å²) in [6.45, 7) is -2.58. The van der Waals surface area contributed by atoms with Crippen LogP contribution in [-0.2, 0) is 11.2 Å². The zero-order valence-electron chi connectivity index (χ0n) is 14.1. The van der Waals surface area contributed by atoms with Crippen LogP contribution in [0.4, 0.5) is 14.5 Å². The third kappa shape index (κ3) is 3.51. The lowest BCUT2D eigenvalue weighted by Gasteiger charge is -2.31. The highest BCUT2D eigenvalue weighted by molar-refractivity contribution is 6.08. The van der Waals surface area contributed by atoms with Crippen LogP contribution in [-0.4, -0.2) is 32.1 Å². The summed E-state index contributed by atoms with van der Waals surface area (Å²) in [6.07, 6.45) is 1.40. The molecule has 0 spiro atoms. The average molecular weight is 361 g/mol. The smallest absolute Gasteiger partial charge is 0.387 e. The van der Waals surface area contributed by atoms with Gasteiger partial charge in [0.1, 0.15) is 5.75 Å². The molecule has 0 aliphatic carbocycles. The quantitative estimate of drug-likeness (QED) is 0.780. The topological polar surface area (TPSA) is 55.8 Å². The van der Waals surface area contributed by atoms with Crippen molar-refractivity contribution in [1.82, 2.24) is 0 Å². The van der Waals surface area contributed by atoms with Gasteiger partial charge in [-0.15, -0.1) is 0 Å². The van der Waals surface area contributed by atoms with E-state index < -0.39 is 12.6 Å². The fourth-order valence-electron chi connectivity index (χ4n) is 3.03. The maximum Gasteiger partial charge on any atom is 0.387 e. The Kier molecular flexibility index (Phi) is 5.16. The number of nitrogens with zero attached hydrogens (tertiary/aromatic N) is 1. The average Bonchev–Trinajstić information content (AvgIpc) is 2.66. The Balaban J connectivity index is 1.93. The Labute approximate surface area is 149 Å². The standard InChI is InChI=1S/C19H17F2NO4/c1-25-18(24)14-9-7-13(8-10-14)17(23)22-11-3-5-12-4-2-6-15(16(12)22)26-19(20)21/h2,4,6-10,19H,3,5,11H2,1H3. The molecule has 26 heavy (non-hydrogen) atoms. The number of carbonyl (C=O) groups excluding carboxylic acids is 2. The molecule has 0 saturated heterocycles. The largest absolute Gasteiger partial charge is 0.465 e. The van der Waals surface area contributed by atoms with Gasteiger partial charge in [-0.1, -0.05) is 12.1 Å². The summed E-state index contributed by atoms with van der Waals surface area (Å²) in [5, 5.41) is 0. The van der Waals surface area contributed by atoms with Crippen LogP contribution in [0.15, 0.2) is 42.5 Å². The lowest BCUT2D eigenvalue weighted by Crippen LogP contribution is -2.36. The summed E-state index contributed by atoms with van der Waals surface area (Å²) >= 11 is 0. The Bertz CT molecular complexity index is 821. The number of aryl methyl sites for hydroxylation is 1. The molecule has 1 amide bonds. The number of hydrogen-bond donors (Lipinski definition) is 0. The molecule has 5 nitrogen and oxygen atoms in total. The van der Waals surface area contributed by atoms with Gasteiger partial charge in [0.05, 0.1) is 18.4 Å². The van der Waals surface area contributed by atoms with E-state index >= 15 is 0 Å². The second-order valence-corrected chi connectivity index (χ2v) is 5.77. The number of carbonyl (C=O) groups is 2. The number of para-hydroxylation sites is 1. The minimum Gasteiger partial charge on any atom is -0.465 e. The maximum absolute atomic E-state index is 12.9. The number of esters is 1. The molecule has 0 atom stereocenters. The monoisotopic (exact) mass is 361 g/mol. The molecule has 2 aromatic carbocycles. The Morgan fingerprint density at radius 1 is 1.08 bits per heavy atom. The van der Waals surface area contributed by atoms with Crippen LogP contribution >= 0.6 is 0 Å². The fourth-order valence-corrected chi connectivity index (χ4v) is 3.03. The molecule has 1 aliphatic rings.